The summed E-state index contributed by atoms with van der Waals surface area (Å²) in [6.45, 7) is 3.22. The first-order valence-electron chi connectivity index (χ1n) is 7.11. The van der Waals surface area contributed by atoms with Gasteiger partial charge in [-0.1, -0.05) is 17.7 Å². The second kappa shape index (κ2) is 7.31. The largest absolute Gasteiger partial charge is 0.480 e. The van der Waals surface area contributed by atoms with Gasteiger partial charge in [0, 0.05) is 5.02 Å². The number of benzene rings is 2. The van der Waals surface area contributed by atoms with Crippen molar-refractivity contribution in [3.63, 3.8) is 0 Å². The molecule has 0 saturated carbocycles. The number of hydrogen-bond acceptors (Lipinski definition) is 3. The fourth-order valence-electron chi connectivity index (χ4n) is 2.00. The quantitative estimate of drug-likeness (QED) is 0.868. The van der Waals surface area contributed by atoms with Gasteiger partial charge in [0.2, 0.25) is 0 Å². The number of rotatable bonds is 5. The summed E-state index contributed by atoms with van der Waals surface area (Å²) in [5.74, 6) is -1.72. The lowest BCUT2D eigenvalue weighted by molar-refractivity contribution is -0.122. The number of carbonyl (C=O) groups is 2. The van der Waals surface area contributed by atoms with Crippen molar-refractivity contribution in [1.29, 1.82) is 0 Å². The van der Waals surface area contributed by atoms with Crippen LogP contribution in [0.25, 0.3) is 0 Å². The molecule has 0 heterocycles. The summed E-state index contributed by atoms with van der Waals surface area (Å²) in [5, 5.41) is 2.75. The second-order valence-corrected chi connectivity index (χ2v) is 5.67. The normalized spacial score (nSPS) is 11.7. The Hall–Kier alpha value is -2.60. The van der Waals surface area contributed by atoms with Crippen molar-refractivity contribution in [2.24, 2.45) is 5.73 Å². The summed E-state index contributed by atoms with van der Waals surface area (Å²) >= 11 is 5.81. The predicted molar refractivity (Wildman–Crippen MR) is 89.8 cm³/mol. The molecule has 1 atom stereocenters. The molecule has 5 nitrogen and oxygen atoms in total. The Balaban J connectivity index is 2.13. The summed E-state index contributed by atoms with van der Waals surface area (Å²) in [5.41, 5.74) is 6.11. The molecule has 126 valence electrons. The van der Waals surface area contributed by atoms with E-state index in [1.807, 2.05) is 0 Å². The second-order valence-electron chi connectivity index (χ2n) is 5.24. The van der Waals surface area contributed by atoms with E-state index in [0.717, 1.165) is 5.56 Å². The van der Waals surface area contributed by atoms with E-state index >= 15 is 0 Å². The Morgan fingerprint density at radius 3 is 2.58 bits per heavy atom. The Bertz CT molecular complexity index is 795. The topological polar surface area (TPSA) is 81.4 Å². The van der Waals surface area contributed by atoms with E-state index in [1.165, 1.54) is 37.3 Å². The number of amides is 2. The lowest BCUT2D eigenvalue weighted by Crippen LogP contribution is -2.31. The summed E-state index contributed by atoms with van der Waals surface area (Å²) in [4.78, 5) is 23.6. The third-order valence-corrected chi connectivity index (χ3v) is 3.50. The number of primary amides is 1. The van der Waals surface area contributed by atoms with Gasteiger partial charge in [-0.25, -0.2) is 4.39 Å². The van der Waals surface area contributed by atoms with E-state index in [2.05, 4.69) is 5.32 Å². The third kappa shape index (κ3) is 4.23. The van der Waals surface area contributed by atoms with Crippen LogP contribution in [-0.4, -0.2) is 17.9 Å². The number of halogens is 2. The minimum atomic E-state index is -0.982. The number of nitrogens with one attached hydrogen (secondary N) is 1. The maximum Gasteiger partial charge on any atom is 0.265 e. The number of ether oxygens (including phenoxy) is 1. The molecule has 24 heavy (non-hydrogen) atoms. The highest BCUT2D eigenvalue weighted by molar-refractivity contribution is 6.31. The van der Waals surface area contributed by atoms with Gasteiger partial charge >= 0.3 is 0 Å². The van der Waals surface area contributed by atoms with Crippen LogP contribution in [0, 0.1) is 12.7 Å². The van der Waals surface area contributed by atoms with Crippen molar-refractivity contribution < 1.29 is 18.7 Å². The minimum Gasteiger partial charge on any atom is -0.480 e. The highest BCUT2D eigenvalue weighted by Crippen LogP contribution is 2.24. The molecular weight excluding hydrogens is 335 g/mol. The fourth-order valence-corrected chi connectivity index (χ4v) is 2.17. The van der Waals surface area contributed by atoms with Crippen molar-refractivity contribution in [1.82, 2.24) is 0 Å². The van der Waals surface area contributed by atoms with Gasteiger partial charge in [0.15, 0.2) is 6.10 Å². The zero-order valence-corrected chi connectivity index (χ0v) is 13.9. The van der Waals surface area contributed by atoms with Gasteiger partial charge in [0.25, 0.3) is 11.8 Å². The standard InChI is InChI=1S/C17H16ClFN2O3/c1-9-3-5-14(13(19)7-9)21-17(23)10(2)24-15-6-4-11(18)8-12(15)16(20)22/h3-8,10H,1-2H3,(H2,20,22)(H,21,23). The summed E-state index contributed by atoms with van der Waals surface area (Å²) < 4.78 is 19.2. The van der Waals surface area contributed by atoms with Crippen LogP contribution in [0.1, 0.15) is 22.8 Å². The van der Waals surface area contributed by atoms with Crippen molar-refractivity contribution >= 4 is 29.1 Å². The monoisotopic (exact) mass is 350 g/mol. The van der Waals surface area contributed by atoms with Gasteiger partial charge in [-0.15, -0.1) is 0 Å². The molecule has 0 aliphatic carbocycles. The Labute approximate surface area is 143 Å². The summed E-state index contributed by atoms with van der Waals surface area (Å²) in [7, 11) is 0. The molecule has 0 aliphatic heterocycles. The average Bonchev–Trinajstić information content (AvgIpc) is 2.51. The number of carbonyl (C=O) groups excluding carboxylic acids is 2. The highest BCUT2D eigenvalue weighted by Gasteiger charge is 2.19. The molecule has 7 heteroatoms. The van der Waals surface area contributed by atoms with Crippen LogP contribution in [0.2, 0.25) is 5.02 Å². The van der Waals surface area contributed by atoms with Gasteiger partial charge in [0.05, 0.1) is 11.3 Å². The molecule has 3 N–H and O–H groups in total. The molecular formula is C17H16ClFN2O3. The molecule has 0 radical (unpaired) electrons. The maximum absolute atomic E-state index is 13.8. The van der Waals surface area contributed by atoms with Gasteiger partial charge < -0.3 is 15.8 Å². The highest BCUT2D eigenvalue weighted by atomic mass is 35.5. The molecule has 0 bridgehead atoms. The number of aryl methyl sites for hydroxylation is 1. The van der Waals surface area contributed by atoms with Crippen molar-refractivity contribution in [2.75, 3.05) is 5.32 Å². The molecule has 0 spiro atoms. The first kappa shape index (κ1) is 17.7. The molecule has 0 saturated heterocycles. The van der Waals surface area contributed by atoms with Crippen molar-refractivity contribution in [2.45, 2.75) is 20.0 Å². The smallest absolute Gasteiger partial charge is 0.265 e. The third-order valence-electron chi connectivity index (χ3n) is 3.26. The van der Waals surface area contributed by atoms with Gasteiger partial charge in [-0.2, -0.15) is 0 Å². The number of anilines is 1. The zero-order valence-electron chi connectivity index (χ0n) is 13.1. The van der Waals surface area contributed by atoms with E-state index < -0.39 is 23.7 Å². The molecule has 0 aromatic heterocycles. The number of hydrogen-bond donors (Lipinski definition) is 2. The van der Waals surface area contributed by atoms with Crippen LogP contribution >= 0.6 is 11.6 Å². The first-order valence-corrected chi connectivity index (χ1v) is 7.48. The van der Waals surface area contributed by atoms with Gasteiger partial charge in [-0.05, 0) is 49.7 Å². The Kier molecular flexibility index (Phi) is 5.41. The van der Waals surface area contributed by atoms with Crippen LogP contribution in [0.15, 0.2) is 36.4 Å². The minimum absolute atomic E-state index is 0.0484. The molecule has 2 rings (SSSR count). The van der Waals surface area contributed by atoms with Crippen LogP contribution in [0.4, 0.5) is 10.1 Å². The summed E-state index contributed by atoms with van der Waals surface area (Å²) in [6, 6.07) is 8.75. The molecule has 2 aromatic rings. The molecule has 2 aromatic carbocycles. The predicted octanol–water partition coefficient (Wildman–Crippen LogP) is 3.29. The van der Waals surface area contributed by atoms with Gasteiger partial charge in [-0.3, -0.25) is 9.59 Å². The number of nitrogens with two attached hydrogens (primary N) is 1. The van der Waals surface area contributed by atoms with Crippen LogP contribution < -0.4 is 15.8 Å². The van der Waals surface area contributed by atoms with E-state index in [-0.39, 0.29) is 17.0 Å². The SMILES string of the molecule is Cc1ccc(NC(=O)C(C)Oc2ccc(Cl)cc2C(N)=O)c(F)c1. The maximum atomic E-state index is 13.8. The van der Waals surface area contributed by atoms with Crippen LogP contribution in [0.3, 0.4) is 0 Å². The van der Waals surface area contributed by atoms with Crippen molar-refractivity contribution in [3.8, 4) is 5.75 Å². The van der Waals surface area contributed by atoms with Crippen LogP contribution in [0.5, 0.6) is 5.75 Å². The zero-order chi connectivity index (χ0) is 17.9. The van der Waals surface area contributed by atoms with E-state index in [4.69, 9.17) is 22.1 Å². The molecule has 0 fully saturated rings. The average molecular weight is 351 g/mol. The van der Waals surface area contributed by atoms with Crippen LogP contribution in [-0.2, 0) is 4.79 Å². The van der Waals surface area contributed by atoms with Crippen molar-refractivity contribution in [3.05, 3.63) is 58.4 Å². The first-order chi connectivity index (χ1) is 11.3. The lowest BCUT2D eigenvalue weighted by Gasteiger charge is -2.17. The van der Waals surface area contributed by atoms with E-state index in [0.29, 0.717) is 5.02 Å². The molecule has 0 aliphatic rings. The van der Waals surface area contributed by atoms with E-state index in [1.54, 1.807) is 13.0 Å². The van der Waals surface area contributed by atoms with E-state index in [9.17, 15) is 14.0 Å². The molecule has 1 unspecified atom stereocenters. The Morgan fingerprint density at radius 1 is 1.25 bits per heavy atom. The Morgan fingerprint density at radius 2 is 1.96 bits per heavy atom. The lowest BCUT2D eigenvalue weighted by atomic mass is 10.2. The molecule has 2 amide bonds. The summed E-state index contributed by atoms with van der Waals surface area (Å²) in [6.07, 6.45) is -0.982. The van der Waals surface area contributed by atoms with Gasteiger partial charge in [0.1, 0.15) is 11.6 Å². The fraction of sp³-hybridized carbons (Fsp3) is 0.176.